The molecule has 10 heteroatoms. The van der Waals surface area contributed by atoms with Crippen LogP contribution in [0.5, 0.6) is 0 Å². The molecule has 1 amide bonds. The molecule has 0 saturated heterocycles. The molecule has 0 aliphatic rings. The number of aromatic nitrogens is 3. The first-order valence-corrected chi connectivity index (χ1v) is 10.7. The van der Waals surface area contributed by atoms with Gasteiger partial charge in [0.1, 0.15) is 17.7 Å². The molecule has 31 heavy (non-hydrogen) atoms. The Morgan fingerprint density at radius 1 is 1.26 bits per heavy atom. The van der Waals surface area contributed by atoms with Gasteiger partial charge in [-0.05, 0) is 47.0 Å². The van der Waals surface area contributed by atoms with Crippen LogP contribution in [0.1, 0.15) is 44.1 Å². The van der Waals surface area contributed by atoms with Crippen molar-refractivity contribution in [3.05, 3.63) is 64.0 Å². The van der Waals surface area contributed by atoms with Gasteiger partial charge in [-0.25, -0.2) is 8.78 Å². The average Bonchev–Trinajstić information content (AvgIpc) is 3.16. The van der Waals surface area contributed by atoms with Crippen molar-refractivity contribution in [3.63, 3.8) is 0 Å². The van der Waals surface area contributed by atoms with Gasteiger partial charge in [0.2, 0.25) is 5.91 Å². The second-order valence-electron chi connectivity index (χ2n) is 7.27. The smallest absolute Gasteiger partial charge is 0.240 e. The maximum atomic E-state index is 13.9. The van der Waals surface area contributed by atoms with Crippen molar-refractivity contribution in [2.75, 3.05) is 6.61 Å². The lowest BCUT2D eigenvalue weighted by Gasteiger charge is -2.28. The predicted molar refractivity (Wildman–Crippen MR) is 115 cm³/mol. The summed E-state index contributed by atoms with van der Waals surface area (Å²) >= 11 is 3.42. The number of ether oxygens (including phenoxy) is 1. The maximum absolute atomic E-state index is 13.9. The highest BCUT2D eigenvalue weighted by Crippen LogP contribution is 2.20. The summed E-state index contributed by atoms with van der Waals surface area (Å²) in [5, 5.41) is 11.2. The molecule has 0 unspecified atom stereocenters. The number of halogens is 3. The van der Waals surface area contributed by atoms with E-state index in [1.54, 1.807) is 16.7 Å². The molecule has 0 fully saturated rings. The summed E-state index contributed by atoms with van der Waals surface area (Å²) in [5.74, 6) is -1.26. The third-order valence-electron chi connectivity index (χ3n) is 5.28. The normalized spacial score (nSPS) is 12.8. The Morgan fingerprint density at radius 2 is 2.00 bits per heavy atom. The van der Waals surface area contributed by atoms with Crippen LogP contribution in [-0.2, 0) is 16.1 Å². The average molecular weight is 496 g/mol. The molecule has 3 N–H and O–H groups in total. The topological polar surface area (TPSA) is 94.5 Å². The second kappa shape index (κ2) is 9.80. The van der Waals surface area contributed by atoms with Crippen molar-refractivity contribution >= 4 is 27.5 Å². The number of nitrogens with zero attached hydrogens (tertiary/aromatic N) is 3. The minimum Gasteiger partial charge on any atom is -0.374 e. The minimum atomic E-state index is -1.04. The number of amides is 1. The number of rotatable bonds is 9. The van der Waals surface area contributed by atoms with Crippen LogP contribution in [0.25, 0.3) is 5.65 Å². The maximum Gasteiger partial charge on any atom is 0.240 e. The zero-order chi connectivity index (χ0) is 22.6. The van der Waals surface area contributed by atoms with Crippen LogP contribution in [0.15, 0.2) is 41.0 Å². The van der Waals surface area contributed by atoms with Crippen LogP contribution in [0.4, 0.5) is 8.78 Å². The Hall–Kier alpha value is -2.43. The first-order valence-electron chi connectivity index (χ1n) is 9.89. The zero-order valence-electron chi connectivity index (χ0n) is 17.2. The van der Waals surface area contributed by atoms with Crippen molar-refractivity contribution in [2.45, 2.75) is 44.9 Å². The van der Waals surface area contributed by atoms with Gasteiger partial charge in [0.15, 0.2) is 11.5 Å². The molecule has 0 spiro atoms. The monoisotopic (exact) mass is 495 g/mol. The van der Waals surface area contributed by atoms with Gasteiger partial charge in [0, 0.05) is 22.3 Å². The summed E-state index contributed by atoms with van der Waals surface area (Å²) in [4.78, 5) is 12.9. The Morgan fingerprint density at radius 3 is 2.68 bits per heavy atom. The van der Waals surface area contributed by atoms with Crippen molar-refractivity contribution in [1.29, 1.82) is 0 Å². The largest absolute Gasteiger partial charge is 0.374 e. The SMILES string of the molecule is CCC(N)(CC)C(=O)N[C@H](COCc1ccc(F)cc1F)c1nnc2ccc(Br)cn12. The molecule has 0 aliphatic heterocycles. The van der Waals surface area contributed by atoms with Gasteiger partial charge in [0.05, 0.1) is 18.8 Å². The number of nitrogens with one attached hydrogen (secondary N) is 1. The number of nitrogens with two attached hydrogens (primary N) is 1. The Kier molecular flexibility index (Phi) is 7.34. The van der Waals surface area contributed by atoms with E-state index in [1.807, 2.05) is 19.9 Å². The number of carbonyl (C=O) groups excluding carboxylic acids is 1. The van der Waals surface area contributed by atoms with E-state index in [0.717, 1.165) is 16.6 Å². The fourth-order valence-electron chi connectivity index (χ4n) is 3.10. The third-order valence-corrected chi connectivity index (χ3v) is 5.75. The van der Waals surface area contributed by atoms with Crippen LogP contribution in [0.2, 0.25) is 0 Å². The van der Waals surface area contributed by atoms with Gasteiger partial charge in [-0.1, -0.05) is 19.9 Å². The number of benzene rings is 1. The standard InChI is InChI=1S/C21H24BrF2N5O2/c1-3-21(25,4-2)20(30)26-17(12-31-11-13-5-7-15(23)9-16(13)24)19-28-27-18-8-6-14(22)10-29(18)19/h5-10,17H,3-4,11-12,25H2,1-2H3,(H,26,30)/t17-/m1/s1. The van der Waals surface area contributed by atoms with Crippen LogP contribution < -0.4 is 11.1 Å². The van der Waals surface area contributed by atoms with Gasteiger partial charge < -0.3 is 15.8 Å². The highest BCUT2D eigenvalue weighted by atomic mass is 79.9. The number of fused-ring (bicyclic) bond motifs is 1. The van der Waals surface area contributed by atoms with Gasteiger partial charge in [0.25, 0.3) is 0 Å². The number of hydrogen-bond acceptors (Lipinski definition) is 5. The molecule has 1 aromatic carbocycles. The summed E-state index contributed by atoms with van der Waals surface area (Å²) in [5.41, 5.74) is 6.00. The second-order valence-corrected chi connectivity index (χ2v) is 8.19. The molecular weight excluding hydrogens is 472 g/mol. The molecule has 1 atom stereocenters. The van der Waals surface area contributed by atoms with Crippen molar-refractivity contribution < 1.29 is 18.3 Å². The third kappa shape index (κ3) is 5.25. The molecule has 2 aromatic heterocycles. The van der Waals surface area contributed by atoms with Crippen LogP contribution in [0.3, 0.4) is 0 Å². The highest BCUT2D eigenvalue weighted by molar-refractivity contribution is 9.10. The quantitative estimate of drug-likeness (QED) is 0.472. The number of carbonyl (C=O) groups is 1. The summed E-state index contributed by atoms with van der Waals surface area (Å²) in [6.45, 7) is 3.57. The lowest BCUT2D eigenvalue weighted by atomic mass is 9.93. The Bertz CT molecular complexity index is 1070. The van der Waals surface area contributed by atoms with E-state index in [-0.39, 0.29) is 24.7 Å². The molecule has 0 bridgehead atoms. The van der Waals surface area contributed by atoms with Crippen molar-refractivity contribution in [2.24, 2.45) is 5.73 Å². The first-order chi connectivity index (χ1) is 14.8. The summed E-state index contributed by atoms with van der Waals surface area (Å²) in [6.07, 6.45) is 2.68. The van der Waals surface area contributed by atoms with E-state index in [1.165, 1.54) is 6.07 Å². The summed E-state index contributed by atoms with van der Waals surface area (Å²) in [7, 11) is 0. The van der Waals surface area contributed by atoms with Crippen LogP contribution >= 0.6 is 15.9 Å². The van der Waals surface area contributed by atoms with E-state index >= 15 is 0 Å². The summed E-state index contributed by atoms with van der Waals surface area (Å²) < 4.78 is 35.3. The molecule has 3 rings (SSSR count). The van der Waals surface area contributed by atoms with Gasteiger partial charge in [-0.3, -0.25) is 9.20 Å². The van der Waals surface area contributed by atoms with E-state index in [4.69, 9.17) is 10.5 Å². The van der Waals surface area contributed by atoms with E-state index in [0.29, 0.717) is 24.3 Å². The molecule has 0 saturated carbocycles. The first kappa shape index (κ1) is 23.2. The van der Waals surface area contributed by atoms with Gasteiger partial charge in [-0.15, -0.1) is 10.2 Å². The van der Waals surface area contributed by atoms with Crippen LogP contribution in [-0.4, -0.2) is 32.7 Å². The van der Waals surface area contributed by atoms with E-state index in [2.05, 4.69) is 31.4 Å². The zero-order valence-corrected chi connectivity index (χ0v) is 18.8. The molecular formula is C21H24BrF2N5O2. The lowest BCUT2D eigenvalue weighted by molar-refractivity contribution is -0.128. The molecule has 7 nitrogen and oxygen atoms in total. The fourth-order valence-corrected chi connectivity index (χ4v) is 3.44. The van der Waals surface area contributed by atoms with Gasteiger partial charge in [-0.2, -0.15) is 0 Å². The van der Waals surface area contributed by atoms with E-state index in [9.17, 15) is 13.6 Å². The van der Waals surface area contributed by atoms with E-state index < -0.39 is 23.2 Å². The van der Waals surface area contributed by atoms with Crippen molar-refractivity contribution in [3.8, 4) is 0 Å². The summed E-state index contributed by atoms with van der Waals surface area (Å²) in [6, 6.07) is 6.19. The molecule has 0 radical (unpaired) electrons. The Balaban J connectivity index is 1.84. The number of pyridine rings is 1. The predicted octanol–water partition coefficient (Wildman–Crippen LogP) is 3.66. The minimum absolute atomic E-state index is 0.0145. The van der Waals surface area contributed by atoms with Crippen molar-refractivity contribution in [1.82, 2.24) is 19.9 Å². The molecule has 0 aliphatic carbocycles. The van der Waals surface area contributed by atoms with Gasteiger partial charge >= 0.3 is 0 Å². The van der Waals surface area contributed by atoms with Crippen LogP contribution in [0, 0.1) is 11.6 Å². The Labute approximate surface area is 187 Å². The number of hydrogen-bond donors (Lipinski definition) is 2. The lowest BCUT2D eigenvalue weighted by Crippen LogP contribution is -2.54. The fraction of sp³-hybridized carbons (Fsp3) is 0.381. The molecule has 166 valence electrons. The molecule has 3 aromatic rings. The molecule has 2 heterocycles. The highest BCUT2D eigenvalue weighted by Gasteiger charge is 2.33.